The molecule has 11 heavy (non-hydrogen) atoms. The van der Waals surface area contributed by atoms with E-state index in [0.29, 0.717) is 0 Å². The number of rotatable bonds is 4. The fraction of sp³-hybridized carbons (Fsp3) is 0.889. The third-order valence-electron chi connectivity index (χ3n) is 1.60. The molecule has 0 aromatic rings. The molecule has 0 heterocycles. The first-order valence-corrected chi connectivity index (χ1v) is 7.91. The standard InChI is InChI=1S/C9H21Si.W/c1-9(2)7-6-8-10(3,4)5;/h6-8H2,1-5H3;/q-1;. The van der Waals surface area contributed by atoms with Crippen LogP contribution in [0.1, 0.15) is 26.7 Å². The van der Waals surface area contributed by atoms with E-state index in [1.807, 2.05) is 0 Å². The summed E-state index contributed by atoms with van der Waals surface area (Å²) in [6.07, 6.45) is 2.75. The third kappa shape index (κ3) is 13.8. The van der Waals surface area contributed by atoms with Crippen LogP contribution in [0, 0.1) is 5.92 Å². The molecule has 0 nitrogen and oxygen atoms in total. The van der Waals surface area contributed by atoms with Crippen LogP contribution in [0.3, 0.4) is 0 Å². The zero-order valence-corrected chi connectivity index (χ0v) is 12.5. The van der Waals surface area contributed by atoms with Gasteiger partial charge in [0.2, 0.25) is 0 Å². The Hall–Kier alpha value is 0.905. The molecule has 0 bridgehead atoms. The van der Waals surface area contributed by atoms with Crippen molar-refractivity contribution in [2.75, 3.05) is 0 Å². The maximum atomic E-state index is 2.44. The minimum atomic E-state index is -0.737. The fourth-order valence-corrected chi connectivity index (χ4v) is 2.21. The van der Waals surface area contributed by atoms with Crippen LogP contribution in [0.2, 0.25) is 25.7 Å². The molecule has 0 aromatic heterocycles. The van der Waals surface area contributed by atoms with Crippen molar-refractivity contribution in [2.24, 2.45) is 0 Å². The van der Waals surface area contributed by atoms with Gasteiger partial charge in [0.05, 0.1) is 0 Å². The topological polar surface area (TPSA) is 0 Å². The van der Waals surface area contributed by atoms with Gasteiger partial charge < -0.3 is 5.92 Å². The van der Waals surface area contributed by atoms with Crippen LogP contribution in [-0.4, -0.2) is 8.07 Å². The predicted molar refractivity (Wildman–Crippen MR) is 52.0 cm³/mol. The summed E-state index contributed by atoms with van der Waals surface area (Å²) in [4.78, 5) is 0. The Bertz CT molecular complexity index is 84.1. The van der Waals surface area contributed by atoms with Crippen molar-refractivity contribution in [3.8, 4) is 0 Å². The minimum absolute atomic E-state index is 0. The summed E-state index contributed by atoms with van der Waals surface area (Å²) in [5.41, 5.74) is 0. The maximum absolute atomic E-state index is 2.44. The average molecular weight is 341 g/mol. The van der Waals surface area contributed by atoms with Gasteiger partial charge in [0, 0.05) is 29.1 Å². The summed E-state index contributed by atoms with van der Waals surface area (Å²) >= 11 is 0. The van der Waals surface area contributed by atoms with E-state index in [-0.39, 0.29) is 21.1 Å². The van der Waals surface area contributed by atoms with Crippen LogP contribution < -0.4 is 0 Å². The maximum Gasteiger partial charge on any atom is 0.0441 e. The summed E-state index contributed by atoms with van der Waals surface area (Å²) < 4.78 is 0. The minimum Gasteiger partial charge on any atom is -0.320 e. The molecule has 0 fully saturated rings. The van der Waals surface area contributed by atoms with Crippen molar-refractivity contribution in [3.63, 3.8) is 0 Å². The second-order valence-electron chi connectivity index (χ2n) is 4.62. The monoisotopic (exact) mass is 341 g/mol. The van der Waals surface area contributed by atoms with Gasteiger partial charge >= 0.3 is 0 Å². The van der Waals surface area contributed by atoms with Gasteiger partial charge in [-0.25, -0.2) is 0 Å². The van der Waals surface area contributed by atoms with E-state index in [4.69, 9.17) is 0 Å². The molecule has 2 heteroatoms. The van der Waals surface area contributed by atoms with Gasteiger partial charge in [-0.15, -0.1) is 0 Å². The van der Waals surface area contributed by atoms with E-state index >= 15 is 0 Å². The SMILES string of the molecule is C[C-](C)CCC[Si](C)(C)C.[W]. The van der Waals surface area contributed by atoms with E-state index in [9.17, 15) is 0 Å². The number of hydrogen-bond donors (Lipinski definition) is 0. The van der Waals surface area contributed by atoms with E-state index < -0.39 is 8.07 Å². The molecule has 0 aliphatic heterocycles. The van der Waals surface area contributed by atoms with Crippen molar-refractivity contribution < 1.29 is 21.1 Å². The smallest absolute Gasteiger partial charge is 0.0441 e. The Labute approximate surface area is 87.4 Å². The van der Waals surface area contributed by atoms with E-state index in [0.717, 1.165) is 0 Å². The molecule has 0 saturated heterocycles. The second-order valence-corrected chi connectivity index (χ2v) is 10.2. The van der Waals surface area contributed by atoms with Gasteiger partial charge in [-0.05, 0) is 0 Å². The zero-order chi connectivity index (χ0) is 8.20. The molecule has 0 radical (unpaired) electrons. The van der Waals surface area contributed by atoms with Crippen LogP contribution in [0.5, 0.6) is 0 Å². The Balaban J connectivity index is 0. The molecule has 0 saturated carbocycles. The summed E-state index contributed by atoms with van der Waals surface area (Å²) in [6.45, 7) is 11.8. The molecule has 0 aliphatic rings. The van der Waals surface area contributed by atoms with Crippen LogP contribution in [0.4, 0.5) is 0 Å². The van der Waals surface area contributed by atoms with E-state index in [1.165, 1.54) is 18.9 Å². The van der Waals surface area contributed by atoms with Crippen LogP contribution >= 0.6 is 0 Å². The summed E-state index contributed by atoms with van der Waals surface area (Å²) in [6, 6.07) is 1.48. The van der Waals surface area contributed by atoms with Crippen molar-refractivity contribution in [3.05, 3.63) is 5.92 Å². The quantitative estimate of drug-likeness (QED) is 0.540. The Kier molecular flexibility index (Phi) is 8.43. The van der Waals surface area contributed by atoms with Crippen LogP contribution in [0.25, 0.3) is 0 Å². The largest absolute Gasteiger partial charge is 0.320 e. The molecule has 0 unspecified atom stereocenters. The molecule has 68 valence electrons. The molecular weight excluding hydrogens is 320 g/mol. The van der Waals surface area contributed by atoms with Crippen molar-refractivity contribution in [2.45, 2.75) is 52.4 Å². The normalized spacial score (nSPS) is 11.5. The Morgan fingerprint density at radius 3 is 1.82 bits per heavy atom. The molecule has 0 amide bonds. The molecule has 0 spiro atoms. The van der Waals surface area contributed by atoms with Gasteiger partial charge in [0.15, 0.2) is 0 Å². The van der Waals surface area contributed by atoms with Gasteiger partial charge in [-0.2, -0.15) is 20.3 Å². The van der Waals surface area contributed by atoms with E-state index in [2.05, 4.69) is 33.5 Å². The molecular formula is C9H21SiW-. The van der Waals surface area contributed by atoms with Crippen LogP contribution in [0.15, 0.2) is 0 Å². The fourth-order valence-electron chi connectivity index (χ4n) is 0.972. The summed E-state index contributed by atoms with van der Waals surface area (Å²) in [5.74, 6) is 1.58. The summed E-state index contributed by atoms with van der Waals surface area (Å²) in [7, 11) is -0.737. The van der Waals surface area contributed by atoms with Crippen molar-refractivity contribution >= 4 is 8.07 Å². The molecule has 0 atom stereocenters. The number of hydrogen-bond acceptors (Lipinski definition) is 0. The molecule has 0 N–H and O–H groups in total. The Morgan fingerprint density at radius 1 is 1.09 bits per heavy atom. The van der Waals surface area contributed by atoms with Gasteiger partial charge in [0.25, 0.3) is 0 Å². The molecule has 0 aromatic carbocycles. The first kappa shape index (κ1) is 14.4. The van der Waals surface area contributed by atoms with Crippen molar-refractivity contribution in [1.82, 2.24) is 0 Å². The molecule has 0 aliphatic carbocycles. The average Bonchev–Trinajstić information content (AvgIpc) is 1.59. The van der Waals surface area contributed by atoms with Gasteiger partial charge in [-0.1, -0.05) is 32.1 Å². The molecule has 0 rings (SSSR count). The van der Waals surface area contributed by atoms with Crippen molar-refractivity contribution in [1.29, 1.82) is 0 Å². The van der Waals surface area contributed by atoms with Gasteiger partial charge in [0.1, 0.15) is 0 Å². The second kappa shape index (κ2) is 6.42. The first-order valence-electron chi connectivity index (χ1n) is 4.21. The first-order chi connectivity index (χ1) is 4.42. The summed E-state index contributed by atoms with van der Waals surface area (Å²) in [5, 5.41) is 0. The third-order valence-corrected chi connectivity index (χ3v) is 3.46. The predicted octanol–water partition coefficient (Wildman–Crippen LogP) is 3.72. The van der Waals surface area contributed by atoms with E-state index in [1.54, 1.807) is 5.92 Å². The van der Waals surface area contributed by atoms with Gasteiger partial charge in [-0.3, -0.25) is 0 Å². The zero-order valence-electron chi connectivity index (χ0n) is 8.53. The van der Waals surface area contributed by atoms with Crippen LogP contribution in [-0.2, 0) is 21.1 Å². The Morgan fingerprint density at radius 2 is 1.55 bits per heavy atom.